The normalized spacial score (nSPS) is 12.4. The number of hydrogen-bond donors (Lipinski definition) is 2. The van der Waals surface area contributed by atoms with Crippen LogP contribution in [-0.2, 0) is 22.6 Å². The van der Waals surface area contributed by atoms with Crippen LogP contribution in [0.4, 0.5) is 0 Å². The van der Waals surface area contributed by atoms with E-state index >= 15 is 0 Å². The molecule has 0 spiro atoms. The Morgan fingerprint density at radius 3 is 2.42 bits per heavy atom. The zero-order valence-corrected chi connectivity index (χ0v) is 17.4. The van der Waals surface area contributed by atoms with Gasteiger partial charge in [-0.3, -0.25) is 9.59 Å². The standard InChI is InChI=1S/C26H25N3O2/c1-2-29-23-11-7-6-10-20(23)21-16-19(12-14-24(21)29)13-15-25(30)28-22(26(27)31)17-18-8-4-3-5-9-18/h3-16,22H,2,17H2,1H3,(H2,27,31)(H,28,30)/b15-13+. The summed E-state index contributed by atoms with van der Waals surface area (Å²) in [5.74, 6) is -0.907. The van der Waals surface area contributed by atoms with E-state index in [0.717, 1.165) is 23.1 Å². The second-order valence-electron chi connectivity index (χ2n) is 7.52. The molecule has 2 amide bonds. The van der Waals surface area contributed by atoms with Crippen LogP contribution in [0.5, 0.6) is 0 Å². The highest BCUT2D eigenvalue weighted by Gasteiger charge is 2.17. The number of nitrogens with one attached hydrogen (secondary N) is 1. The molecule has 0 aliphatic rings. The van der Waals surface area contributed by atoms with Crippen molar-refractivity contribution in [2.45, 2.75) is 25.9 Å². The van der Waals surface area contributed by atoms with Gasteiger partial charge in [-0.2, -0.15) is 0 Å². The number of carbonyl (C=O) groups excluding carboxylic acids is 2. The Bertz CT molecular complexity index is 1270. The molecule has 0 saturated carbocycles. The van der Waals surface area contributed by atoms with Crippen LogP contribution in [-0.4, -0.2) is 22.4 Å². The van der Waals surface area contributed by atoms with Crippen LogP contribution in [0.2, 0.25) is 0 Å². The van der Waals surface area contributed by atoms with Gasteiger partial charge in [-0.25, -0.2) is 0 Å². The summed E-state index contributed by atoms with van der Waals surface area (Å²) in [6.07, 6.45) is 3.56. The summed E-state index contributed by atoms with van der Waals surface area (Å²) < 4.78 is 2.28. The lowest BCUT2D eigenvalue weighted by Crippen LogP contribution is -2.45. The lowest BCUT2D eigenvalue weighted by atomic mass is 10.1. The van der Waals surface area contributed by atoms with Gasteiger partial charge in [0.05, 0.1) is 0 Å². The van der Waals surface area contributed by atoms with Crippen molar-refractivity contribution in [1.82, 2.24) is 9.88 Å². The predicted octanol–water partition coefficient (Wildman–Crippen LogP) is 4.04. The molecule has 0 aliphatic heterocycles. The third-order valence-corrected chi connectivity index (χ3v) is 5.48. The maximum atomic E-state index is 12.4. The van der Waals surface area contributed by atoms with Gasteiger partial charge < -0.3 is 15.6 Å². The third-order valence-electron chi connectivity index (χ3n) is 5.48. The van der Waals surface area contributed by atoms with Crippen LogP contribution < -0.4 is 11.1 Å². The molecule has 0 fully saturated rings. The van der Waals surface area contributed by atoms with E-state index in [4.69, 9.17) is 5.73 Å². The number of aromatic nitrogens is 1. The summed E-state index contributed by atoms with van der Waals surface area (Å²) in [6, 6.07) is 23.2. The number of nitrogens with zero attached hydrogens (tertiary/aromatic N) is 1. The third kappa shape index (κ3) is 4.36. The Hall–Kier alpha value is -3.86. The van der Waals surface area contributed by atoms with Gasteiger partial charge in [0.15, 0.2) is 0 Å². The van der Waals surface area contributed by atoms with E-state index < -0.39 is 11.9 Å². The summed E-state index contributed by atoms with van der Waals surface area (Å²) in [5, 5.41) is 5.05. The van der Waals surface area contributed by atoms with Gasteiger partial charge >= 0.3 is 0 Å². The molecule has 3 aromatic carbocycles. The fraction of sp³-hybridized carbons (Fsp3) is 0.154. The van der Waals surface area contributed by atoms with Crippen molar-refractivity contribution in [2.75, 3.05) is 0 Å². The highest BCUT2D eigenvalue weighted by atomic mass is 16.2. The van der Waals surface area contributed by atoms with Gasteiger partial charge in [0.25, 0.3) is 0 Å². The number of carbonyl (C=O) groups is 2. The van der Waals surface area contributed by atoms with Gasteiger partial charge in [0.2, 0.25) is 11.8 Å². The SMILES string of the molecule is CCn1c2ccccc2c2cc(/C=C/C(=O)NC(Cc3ccccc3)C(N)=O)ccc21. The van der Waals surface area contributed by atoms with Crippen molar-refractivity contribution in [3.8, 4) is 0 Å². The summed E-state index contributed by atoms with van der Waals surface area (Å²) in [4.78, 5) is 24.2. The second kappa shape index (κ2) is 8.88. The Kier molecular flexibility index (Phi) is 5.85. The molecule has 5 heteroatoms. The highest BCUT2D eigenvalue weighted by molar-refractivity contribution is 6.08. The molecule has 1 unspecified atom stereocenters. The number of para-hydroxylation sites is 1. The molecule has 5 nitrogen and oxygen atoms in total. The van der Waals surface area contributed by atoms with Crippen LogP contribution in [0.1, 0.15) is 18.1 Å². The lowest BCUT2D eigenvalue weighted by Gasteiger charge is -2.14. The van der Waals surface area contributed by atoms with Crippen molar-refractivity contribution in [3.63, 3.8) is 0 Å². The number of primary amides is 1. The first-order valence-electron chi connectivity index (χ1n) is 10.4. The molecule has 4 aromatic rings. The maximum absolute atomic E-state index is 12.4. The van der Waals surface area contributed by atoms with Crippen molar-refractivity contribution in [2.24, 2.45) is 5.73 Å². The van der Waals surface area contributed by atoms with Crippen molar-refractivity contribution in [3.05, 3.63) is 90.0 Å². The van der Waals surface area contributed by atoms with Gasteiger partial charge in [-0.15, -0.1) is 0 Å². The fourth-order valence-electron chi connectivity index (χ4n) is 3.98. The number of fused-ring (bicyclic) bond motifs is 3. The summed E-state index contributed by atoms with van der Waals surface area (Å²) in [5.41, 5.74) is 9.71. The minimum absolute atomic E-state index is 0.351. The van der Waals surface area contributed by atoms with E-state index in [1.54, 1.807) is 6.08 Å². The number of aryl methyl sites for hydroxylation is 1. The first kappa shape index (κ1) is 20.4. The van der Waals surface area contributed by atoms with Crippen LogP contribution in [0.15, 0.2) is 78.9 Å². The fourth-order valence-corrected chi connectivity index (χ4v) is 3.98. The Morgan fingerprint density at radius 2 is 1.68 bits per heavy atom. The molecule has 0 saturated heterocycles. The van der Waals surface area contributed by atoms with Crippen molar-refractivity contribution < 1.29 is 9.59 Å². The lowest BCUT2D eigenvalue weighted by molar-refractivity contribution is -0.124. The largest absolute Gasteiger partial charge is 0.368 e. The Morgan fingerprint density at radius 1 is 0.968 bits per heavy atom. The van der Waals surface area contributed by atoms with E-state index in [-0.39, 0.29) is 5.91 Å². The molecular weight excluding hydrogens is 386 g/mol. The van der Waals surface area contributed by atoms with Gasteiger partial charge in [0, 0.05) is 40.8 Å². The average Bonchev–Trinajstić information content (AvgIpc) is 3.11. The molecule has 0 aliphatic carbocycles. The van der Waals surface area contributed by atoms with Crippen LogP contribution >= 0.6 is 0 Å². The van der Waals surface area contributed by atoms with E-state index in [9.17, 15) is 9.59 Å². The molecule has 1 atom stereocenters. The quantitative estimate of drug-likeness (QED) is 0.450. The van der Waals surface area contributed by atoms with Crippen molar-refractivity contribution >= 4 is 39.7 Å². The summed E-state index contributed by atoms with van der Waals surface area (Å²) in [6.45, 7) is 3.02. The molecular formula is C26H25N3O2. The molecule has 0 bridgehead atoms. The Balaban J connectivity index is 1.54. The first-order valence-corrected chi connectivity index (χ1v) is 10.4. The predicted molar refractivity (Wildman–Crippen MR) is 125 cm³/mol. The van der Waals surface area contributed by atoms with Crippen LogP contribution in [0.25, 0.3) is 27.9 Å². The second-order valence-corrected chi connectivity index (χ2v) is 7.52. The molecule has 3 N–H and O–H groups in total. The average molecular weight is 412 g/mol. The zero-order chi connectivity index (χ0) is 21.8. The summed E-state index contributed by atoms with van der Waals surface area (Å²) in [7, 11) is 0. The summed E-state index contributed by atoms with van der Waals surface area (Å²) >= 11 is 0. The van der Waals surface area contributed by atoms with E-state index in [1.807, 2.05) is 48.5 Å². The molecule has 156 valence electrons. The smallest absolute Gasteiger partial charge is 0.244 e. The van der Waals surface area contributed by atoms with E-state index in [0.29, 0.717) is 6.42 Å². The minimum Gasteiger partial charge on any atom is -0.368 e. The zero-order valence-electron chi connectivity index (χ0n) is 17.4. The van der Waals surface area contributed by atoms with E-state index in [1.165, 1.54) is 22.5 Å². The molecule has 4 rings (SSSR count). The van der Waals surface area contributed by atoms with Gasteiger partial charge in [-0.1, -0.05) is 54.6 Å². The number of benzene rings is 3. The molecule has 0 radical (unpaired) electrons. The van der Waals surface area contributed by atoms with E-state index in [2.05, 4.69) is 41.1 Å². The maximum Gasteiger partial charge on any atom is 0.244 e. The number of nitrogens with two attached hydrogens (primary N) is 1. The molecule has 1 heterocycles. The van der Waals surface area contributed by atoms with Crippen molar-refractivity contribution in [1.29, 1.82) is 0 Å². The highest BCUT2D eigenvalue weighted by Crippen LogP contribution is 2.29. The number of amides is 2. The molecule has 31 heavy (non-hydrogen) atoms. The molecule has 1 aromatic heterocycles. The minimum atomic E-state index is -0.760. The number of rotatable bonds is 7. The van der Waals surface area contributed by atoms with Gasteiger partial charge in [0.1, 0.15) is 6.04 Å². The van der Waals surface area contributed by atoms with Crippen LogP contribution in [0, 0.1) is 0 Å². The number of hydrogen-bond acceptors (Lipinski definition) is 2. The van der Waals surface area contributed by atoms with Crippen LogP contribution in [0.3, 0.4) is 0 Å². The van der Waals surface area contributed by atoms with Gasteiger partial charge in [-0.05, 0) is 42.3 Å². The first-order chi connectivity index (χ1) is 15.1. The monoisotopic (exact) mass is 411 g/mol. The Labute approximate surface area is 181 Å². The topological polar surface area (TPSA) is 77.1 Å².